The zero-order chi connectivity index (χ0) is 16.7. The Bertz CT molecular complexity index is 688. The van der Waals surface area contributed by atoms with Crippen LogP contribution in [0.2, 0.25) is 0 Å². The van der Waals surface area contributed by atoms with Gasteiger partial charge in [0.25, 0.3) is 10.2 Å². The molecule has 0 amide bonds. The summed E-state index contributed by atoms with van der Waals surface area (Å²) in [6.45, 7) is 1.59. The first kappa shape index (κ1) is 16.3. The lowest BCUT2D eigenvalue weighted by molar-refractivity contribution is 0.156. The van der Waals surface area contributed by atoms with E-state index in [4.69, 9.17) is 4.74 Å². The molecule has 1 saturated carbocycles. The third-order valence-electron chi connectivity index (χ3n) is 5.57. The van der Waals surface area contributed by atoms with Crippen LogP contribution in [-0.2, 0) is 10.2 Å². The van der Waals surface area contributed by atoms with Gasteiger partial charge in [-0.15, -0.1) is 0 Å². The molecule has 1 aromatic rings. The van der Waals surface area contributed by atoms with Gasteiger partial charge in [-0.3, -0.25) is 0 Å². The second-order valence-electron chi connectivity index (χ2n) is 7.00. The van der Waals surface area contributed by atoms with Crippen LogP contribution in [0.1, 0.15) is 32.1 Å². The second kappa shape index (κ2) is 6.28. The molecule has 5 nitrogen and oxygen atoms in total. The monoisotopic (exact) mass is 354 g/mol. The smallest absolute Gasteiger partial charge is 0.282 e. The number of fused-ring (bicyclic) bond motifs is 2. The standard InChI is InChI=1S/C17H23FN2O3S/c18-14-4-7-16(8-5-14)23-12-17-13-3-6-15(11-13)20(17)24(21,22)19-9-1-2-10-19/h4-5,7-8,13,15,17H,1-3,6,9-12H2/t13-,15-,17-/m0/s1. The normalized spacial score (nSPS) is 31.0. The van der Waals surface area contributed by atoms with E-state index in [0.29, 0.717) is 31.4 Å². The summed E-state index contributed by atoms with van der Waals surface area (Å²) in [4.78, 5) is 0. The van der Waals surface area contributed by atoms with Gasteiger partial charge in [0.15, 0.2) is 0 Å². The number of nitrogens with zero attached hydrogens (tertiary/aromatic N) is 2. The van der Waals surface area contributed by atoms with E-state index in [-0.39, 0.29) is 17.9 Å². The van der Waals surface area contributed by atoms with Crippen molar-refractivity contribution < 1.29 is 17.5 Å². The highest BCUT2D eigenvalue weighted by Crippen LogP contribution is 2.45. The van der Waals surface area contributed by atoms with Gasteiger partial charge in [0, 0.05) is 19.1 Å². The fourth-order valence-corrected chi connectivity index (χ4v) is 6.51. The highest BCUT2D eigenvalue weighted by molar-refractivity contribution is 7.86. The van der Waals surface area contributed by atoms with E-state index in [1.807, 2.05) is 0 Å². The summed E-state index contributed by atoms with van der Waals surface area (Å²) in [7, 11) is -3.40. The fraction of sp³-hybridized carbons (Fsp3) is 0.647. The van der Waals surface area contributed by atoms with Gasteiger partial charge in [0.2, 0.25) is 0 Å². The Morgan fingerprint density at radius 3 is 2.54 bits per heavy atom. The predicted molar refractivity (Wildman–Crippen MR) is 88.4 cm³/mol. The number of halogens is 1. The van der Waals surface area contributed by atoms with Gasteiger partial charge in [-0.25, -0.2) is 4.39 Å². The van der Waals surface area contributed by atoms with Crippen molar-refractivity contribution >= 4 is 10.2 Å². The number of hydrogen-bond acceptors (Lipinski definition) is 3. The van der Waals surface area contributed by atoms with Gasteiger partial charge in [-0.1, -0.05) is 0 Å². The van der Waals surface area contributed by atoms with Gasteiger partial charge in [-0.05, 0) is 62.3 Å². The molecule has 0 N–H and O–H groups in total. The molecule has 1 aliphatic carbocycles. The van der Waals surface area contributed by atoms with Crippen molar-refractivity contribution in [3.05, 3.63) is 30.1 Å². The minimum atomic E-state index is -3.40. The Labute approximate surface area is 142 Å². The molecule has 1 aromatic carbocycles. The minimum absolute atomic E-state index is 0.112. The van der Waals surface area contributed by atoms with E-state index < -0.39 is 10.2 Å². The molecule has 2 aliphatic heterocycles. The maximum atomic E-state index is 13.0. The van der Waals surface area contributed by atoms with Gasteiger partial charge in [-0.2, -0.15) is 17.0 Å². The average molecular weight is 354 g/mol. The molecule has 4 rings (SSSR count). The zero-order valence-corrected chi connectivity index (χ0v) is 14.4. The topological polar surface area (TPSA) is 49.9 Å². The molecule has 0 spiro atoms. The summed E-state index contributed by atoms with van der Waals surface area (Å²) < 4.78 is 48.2. The van der Waals surface area contributed by atoms with Crippen molar-refractivity contribution in [3.63, 3.8) is 0 Å². The maximum absolute atomic E-state index is 13.0. The van der Waals surface area contributed by atoms with E-state index >= 15 is 0 Å². The Morgan fingerprint density at radius 1 is 1.12 bits per heavy atom. The number of ether oxygens (including phenoxy) is 1. The molecule has 2 saturated heterocycles. The largest absolute Gasteiger partial charge is 0.492 e. The highest BCUT2D eigenvalue weighted by atomic mass is 32.2. The number of benzene rings is 1. The minimum Gasteiger partial charge on any atom is -0.492 e. The molecule has 2 bridgehead atoms. The predicted octanol–water partition coefficient (Wildman–Crippen LogP) is 2.40. The first-order valence-corrected chi connectivity index (χ1v) is 10.1. The molecule has 0 radical (unpaired) electrons. The lowest BCUT2D eigenvalue weighted by Gasteiger charge is -2.36. The number of piperidine rings is 1. The molecule has 0 unspecified atom stereocenters. The molecule has 0 aromatic heterocycles. The van der Waals surface area contributed by atoms with Crippen LogP contribution in [0.5, 0.6) is 5.75 Å². The Balaban J connectivity index is 1.51. The van der Waals surface area contributed by atoms with Crippen LogP contribution in [0.25, 0.3) is 0 Å². The van der Waals surface area contributed by atoms with Crippen LogP contribution in [0.15, 0.2) is 24.3 Å². The molecule has 132 valence electrons. The first-order chi connectivity index (χ1) is 11.6. The van der Waals surface area contributed by atoms with Gasteiger partial charge < -0.3 is 4.74 Å². The maximum Gasteiger partial charge on any atom is 0.282 e. The van der Waals surface area contributed by atoms with Gasteiger partial charge in [0.1, 0.15) is 18.2 Å². The van der Waals surface area contributed by atoms with Crippen LogP contribution in [0.3, 0.4) is 0 Å². The average Bonchev–Trinajstić information content (AvgIpc) is 3.30. The number of rotatable bonds is 5. The molecular weight excluding hydrogens is 331 g/mol. The van der Waals surface area contributed by atoms with Gasteiger partial charge >= 0.3 is 0 Å². The number of hydrogen-bond donors (Lipinski definition) is 0. The quantitative estimate of drug-likeness (QED) is 0.816. The van der Waals surface area contributed by atoms with Crippen molar-refractivity contribution in [1.82, 2.24) is 8.61 Å². The molecule has 24 heavy (non-hydrogen) atoms. The lowest BCUT2D eigenvalue weighted by atomic mass is 10.0. The molecule has 7 heteroatoms. The van der Waals surface area contributed by atoms with E-state index in [1.165, 1.54) is 12.1 Å². The van der Waals surface area contributed by atoms with Crippen LogP contribution >= 0.6 is 0 Å². The first-order valence-electron chi connectivity index (χ1n) is 8.73. The zero-order valence-electron chi connectivity index (χ0n) is 13.6. The summed E-state index contributed by atoms with van der Waals surface area (Å²) in [6, 6.07) is 5.88. The molecule has 3 aliphatic rings. The Kier molecular flexibility index (Phi) is 4.26. The third-order valence-corrected chi connectivity index (χ3v) is 7.69. The Morgan fingerprint density at radius 2 is 1.83 bits per heavy atom. The van der Waals surface area contributed by atoms with Crippen molar-refractivity contribution in [3.8, 4) is 5.75 Å². The van der Waals surface area contributed by atoms with E-state index in [9.17, 15) is 12.8 Å². The molecule has 2 heterocycles. The van der Waals surface area contributed by atoms with Crippen molar-refractivity contribution in [2.45, 2.75) is 44.2 Å². The highest BCUT2D eigenvalue weighted by Gasteiger charge is 2.53. The van der Waals surface area contributed by atoms with Crippen molar-refractivity contribution in [2.24, 2.45) is 5.92 Å². The summed E-state index contributed by atoms with van der Waals surface area (Å²) >= 11 is 0. The molecule has 3 atom stereocenters. The molecule has 3 fully saturated rings. The lowest BCUT2D eigenvalue weighted by Crippen LogP contribution is -2.52. The van der Waals surface area contributed by atoms with E-state index in [2.05, 4.69) is 0 Å². The Hall–Kier alpha value is -1.18. The van der Waals surface area contributed by atoms with E-state index in [0.717, 1.165) is 32.1 Å². The fourth-order valence-electron chi connectivity index (χ4n) is 4.38. The van der Waals surface area contributed by atoms with E-state index in [1.54, 1.807) is 20.7 Å². The SMILES string of the molecule is O=S(=O)(N1CCCC1)N1[C@H]2CC[C@@H](C2)[C@@H]1COc1ccc(F)cc1. The van der Waals surface area contributed by atoms with Crippen LogP contribution < -0.4 is 4.74 Å². The summed E-state index contributed by atoms with van der Waals surface area (Å²) in [5.41, 5.74) is 0. The summed E-state index contributed by atoms with van der Waals surface area (Å²) in [6.07, 6.45) is 4.83. The van der Waals surface area contributed by atoms with Crippen molar-refractivity contribution in [1.29, 1.82) is 0 Å². The summed E-state index contributed by atoms with van der Waals surface area (Å²) in [5, 5.41) is 0. The van der Waals surface area contributed by atoms with Crippen LogP contribution in [0.4, 0.5) is 4.39 Å². The second-order valence-corrected chi connectivity index (χ2v) is 8.84. The van der Waals surface area contributed by atoms with Crippen molar-refractivity contribution in [2.75, 3.05) is 19.7 Å². The molecular formula is C17H23FN2O3S. The van der Waals surface area contributed by atoms with Crippen LogP contribution in [0, 0.1) is 11.7 Å². The van der Waals surface area contributed by atoms with Gasteiger partial charge in [0.05, 0.1) is 6.04 Å². The van der Waals surface area contributed by atoms with Crippen LogP contribution in [-0.4, -0.2) is 48.8 Å². The summed E-state index contributed by atoms with van der Waals surface area (Å²) in [5.74, 6) is 0.644. The third kappa shape index (κ3) is 2.82.